The van der Waals surface area contributed by atoms with Gasteiger partial charge in [0.25, 0.3) is 0 Å². The topological polar surface area (TPSA) is 18.5 Å². The summed E-state index contributed by atoms with van der Waals surface area (Å²) in [6, 6.07) is 0. The first-order chi connectivity index (χ1) is 9.92. The Morgan fingerprint density at radius 2 is 0.783 bits per heavy atom. The maximum absolute atomic E-state index is 6.63. The van der Waals surface area contributed by atoms with Crippen LogP contribution in [0.25, 0.3) is 0 Å². The molecule has 1 heterocycles. The molecule has 1 saturated heterocycles. The number of hydrogen-bond donors (Lipinski definition) is 0. The van der Waals surface area contributed by atoms with E-state index in [-0.39, 0.29) is 0 Å². The Balaban J connectivity index is 3.26. The van der Waals surface area contributed by atoms with Crippen molar-refractivity contribution in [3.8, 4) is 0 Å². The first kappa shape index (κ1) is 22.3. The molecule has 0 aromatic rings. The van der Waals surface area contributed by atoms with Crippen LogP contribution in [0.2, 0.25) is 78.6 Å². The van der Waals surface area contributed by atoms with E-state index in [4.69, 9.17) is 8.85 Å². The first-order valence-corrected chi connectivity index (χ1v) is 23.2. The standard InChI is InChI=1S/C16H36O2PSi4/c1-20(2,3)15-13(17-22(7,8)9)14(18-23(10,11)12)16(19-15)21(4,5)6/h1-12H3. The molecule has 7 heteroatoms. The second-order valence-corrected chi connectivity index (χ2v) is 31.2. The molecule has 0 aromatic heterocycles. The van der Waals surface area contributed by atoms with Gasteiger partial charge in [-0.15, -0.1) is 0 Å². The lowest BCUT2D eigenvalue weighted by molar-refractivity contribution is 0.243. The average Bonchev–Trinajstić information content (AvgIpc) is 2.50. The summed E-state index contributed by atoms with van der Waals surface area (Å²) in [5.41, 5.74) is 0. The summed E-state index contributed by atoms with van der Waals surface area (Å²) in [5.74, 6) is 0. The Labute approximate surface area is 151 Å². The van der Waals surface area contributed by atoms with E-state index in [1.807, 2.05) is 0 Å². The van der Waals surface area contributed by atoms with Crippen LogP contribution in [0.1, 0.15) is 0 Å². The summed E-state index contributed by atoms with van der Waals surface area (Å²) in [4.78, 5) is 0. The number of hydrogen-bond acceptors (Lipinski definition) is 2. The minimum Gasteiger partial charge on any atom is -0.405 e. The summed E-state index contributed by atoms with van der Waals surface area (Å²) >= 11 is 0. The highest BCUT2D eigenvalue weighted by atomic mass is 31.1. The molecule has 133 valence electrons. The SMILES string of the molecule is C[Si](C)(C)O[C]1[C](O[Si](C)(C)C)[C]([Si](C)(C)C)[P][C]1[Si](C)(C)C. The molecule has 1 aliphatic rings. The molecule has 0 aromatic carbocycles. The minimum absolute atomic E-state index is 1.14. The van der Waals surface area contributed by atoms with Crippen LogP contribution in [0.3, 0.4) is 0 Å². The molecule has 0 aliphatic carbocycles. The van der Waals surface area contributed by atoms with Crippen LogP contribution in [0.4, 0.5) is 0 Å². The molecule has 0 unspecified atom stereocenters. The van der Waals surface area contributed by atoms with E-state index in [0.717, 1.165) is 12.2 Å². The molecule has 0 atom stereocenters. The molecule has 1 aliphatic heterocycles. The van der Waals surface area contributed by atoms with Gasteiger partial charge < -0.3 is 8.85 Å². The molecule has 2 nitrogen and oxygen atoms in total. The Bertz CT molecular complexity index is 366. The normalized spacial score (nSPS) is 21.4. The van der Waals surface area contributed by atoms with Crippen LogP contribution in [-0.4, -0.2) is 32.8 Å². The summed E-state index contributed by atoms with van der Waals surface area (Å²) in [5, 5.41) is 3.09. The Morgan fingerprint density at radius 3 is 0.957 bits per heavy atom. The minimum atomic E-state index is -1.67. The van der Waals surface area contributed by atoms with Gasteiger partial charge in [-0.2, -0.15) is 0 Å². The third-order valence-corrected chi connectivity index (χ3v) is 13.6. The van der Waals surface area contributed by atoms with Gasteiger partial charge in [-0.3, -0.25) is 0 Å². The highest BCUT2D eigenvalue weighted by Gasteiger charge is 2.57. The van der Waals surface area contributed by atoms with E-state index >= 15 is 0 Å². The van der Waals surface area contributed by atoms with Gasteiger partial charge in [-0.05, 0) is 39.3 Å². The monoisotopic (exact) mass is 403 g/mol. The molecule has 0 saturated carbocycles. The molecule has 0 N–H and O–H groups in total. The summed E-state index contributed by atoms with van der Waals surface area (Å²) < 4.78 is 13.3. The van der Waals surface area contributed by atoms with Gasteiger partial charge in [-0.1, -0.05) is 47.9 Å². The van der Waals surface area contributed by atoms with Crippen LogP contribution in [0.15, 0.2) is 0 Å². The van der Waals surface area contributed by atoms with Crippen molar-refractivity contribution >= 4 is 41.4 Å². The fourth-order valence-electron chi connectivity index (χ4n) is 2.25. The van der Waals surface area contributed by atoms with Gasteiger partial charge in [0.1, 0.15) is 12.2 Å². The van der Waals surface area contributed by atoms with Gasteiger partial charge in [0.2, 0.25) is 0 Å². The van der Waals surface area contributed by atoms with Crippen LogP contribution < -0.4 is 0 Å². The van der Waals surface area contributed by atoms with Gasteiger partial charge in [0, 0.05) is 10.6 Å². The molecule has 1 fully saturated rings. The van der Waals surface area contributed by atoms with Crippen LogP contribution in [0, 0.1) is 22.8 Å². The quantitative estimate of drug-likeness (QED) is 0.370. The summed E-state index contributed by atoms with van der Waals surface area (Å²) in [7, 11) is -4.83. The van der Waals surface area contributed by atoms with E-state index in [9.17, 15) is 0 Å². The Morgan fingerprint density at radius 1 is 0.522 bits per heavy atom. The fraction of sp³-hybridized carbons (Fsp3) is 0.750. The molecule has 0 spiro atoms. The van der Waals surface area contributed by atoms with E-state index in [1.54, 1.807) is 10.6 Å². The fourth-order valence-corrected chi connectivity index (χ4v) is 10.3. The van der Waals surface area contributed by atoms with Crippen molar-refractivity contribution < 1.29 is 8.85 Å². The molecular weight excluding hydrogens is 367 g/mol. The van der Waals surface area contributed by atoms with Crippen LogP contribution in [0.5, 0.6) is 0 Å². The van der Waals surface area contributed by atoms with Crippen molar-refractivity contribution in [3.05, 3.63) is 22.8 Å². The van der Waals surface area contributed by atoms with Crippen molar-refractivity contribution in [2.75, 3.05) is 0 Å². The molecule has 5 radical (unpaired) electrons. The van der Waals surface area contributed by atoms with Crippen molar-refractivity contribution in [2.45, 2.75) is 78.6 Å². The van der Waals surface area contributed by atoms with Crippen molar-refractivity contribution in [3.63, 3.8) is 0 Å². The second-order valence-electron chi connectivity index (χ2n) is 10.4. The van der Waals surface area contributed by atoms with E-state index in [1.165, 1.54) is 8.58 Å². The largest absolute Gasteiger partial charge is 0.405 e. The lowest BCUT2D eigenvalue weighted by Crippen LogP contribution is -2.42. The third kappa shape index (κ3) is 6.80. The molecule has 0 amide bonds. The zero-order valence-corrected chi connectivity index (χ0v) is 22.2. The smallest absolute Gasteiger partial charge is 0.184 e. The van der Waals surface area contributed by atoms with Gasteiger partial charge in [-0.25, -0.2) is 0 Å². The van der Waals surface area contributed by atoms with Crippen molar-refractivity contribution in [1.82, 2.24) is 0 Å². The van der Waals surface area contributed by atoms with Crippen LogP contribution in [-0.2, 0) is 8.85 Å². The molecular formula is C16H36O2PSi4. The lowest BCUT2D eigenvalue weighted by Gasteiger charge is -2.37. The molecule has 0 bridgehead atoms. The maximum Gasteiger partial charge on any atom is 0.184 e. The highest BCUT2D eigenvalue weighted by molar-refractivity contribution is 7.56. The van der Waals surface area contributed by atoms with Crippen molar-refractivity contribution in [1.29, 1.82) is 0 Å². The zero-order valence-electron chi connectivity index (χ0n) is 17.3. The second kappa shape index (κ2) is 7.09. The number of rotatable bonds is 6. The summed E-state index contributed by atoms with van der Waals surface area (Å²) in [6.45, 7) is 28.2. The van der Waals surface area contributed by atoms with E-state index in [0.29, 0.717) is 0 Å². The average molecular weight is 404 g/mol. The predicted molar refractivity (Wildman–Crippen MR) is 115 cm³/mol. The third-order valence-electron chi connectivity index (χ3n) is 3.10. The lowest BCUT2D eigenvalue weighted by atomic mass is 10.2. The molecule has 23 heavy (non-hydrogen) atoms. The predicted octanol–water partition coefficient (Wildman–Crippen LogP) is 6.53. The van der Waals surface area contributed by atoms with Gasteiger partial charge in [0.05, 0.1) is 16.1 Å². The first-order valence-electron chi connectivity index (χ1n) is 8.51. The Kier molecular flexibility index (Phi) is 6.86. The maximum atomic E-state index is 6.63. The van der Waals surface area contributed by atoms with E-state index < -0.39 is 32.8 Å². The molecule has 1 rings (SSSR count). The highest BCUT2D eigenvalue weighted by Crippen LogP contribution is 2.66. The summed E-state index contributed by atoms with van der Waals surface area (Å²) in [6.07, 6.45) is 2.29. The van der Waals surface area contributed by atoms with Gasteiger partial charge >= 0.3 is 0 Å². The van der Waals surface area contributed by atoms with Crippen molar-refractivity contribution in [2.24, 2.45) is 0 Å². The van der Waals surface area contributed by atoms with Crippen LogP contribution >= 0.6 is 8.58 Å². The van der Waals surface area contributed by atoms with Gasteiger partial charge in [0.15, 0.2) is 16.6 Å². The van der Waals surface area contributed by atoms with E-state index in [2.05, 4.69) is 78.6 Å². The Hall–Kier alpha value is 1.22. The zero-order chi connectivity index (χ0) is 18.4.